The quantitative estimate of drug-likeness (QED) is 0.766. The third kappa shape index (κ3) is 11.8. The number of aliphatic hydroxyl groups excluding tert-OH is 2. The van der Waals surface area contributed by atoms with Crippen molar-refractivity contribution in [2.75, 3.05) is 13.2 Å². The molecule has 1 aromatic rings. The third-order valence-electron chi connectivity index (χ3n) is 2.31. The van der Waals surface area contributed by atoms with Gasteiger partial charge in [-0.2, -0.15) is 0 Å². The zero-order chi connectivity index (χ0) is 16.1. The Morgan fingerprint density at radius 1 is 1.33 bits per heavy atom. The number of hydrogen-bond acceptors (Lipinski definition) is 5. The number of carbonyl (C=O) groups excluding carboxylic acids is 1. The molecule has 0 bridgehead atoms. The normalized spacial score (nSPS) is 16.2. The van der Waals surface area contributed by atoms with Crippen LogP contribution in [0.4, 0.5) is 0 Å². The predicted molar refractivity (Wildman–Crippen MR) is 82.4 cm³/mol. The first-order chi connectivity index (χ1) is 9.99. The Hall–Kier alpha value is -1.69. The van der Waals surface area contributed by atoms with E-state index in [-0.39, 0.29) is 18.5 Å². The summed E-state index contributed by atoms with van der Waals surface area (Å²) >= 11 is 0. The lowest BCUT2D eigenvalue weighted by Gasteiger charge is -2.16. The molecule has 0 amide bonds. The molecule has 2 rings (SSSR count). The Labute approximate surface area is 126 Å². The van der Waals surface area contributed by atoms with Gasteiger partial charge in [0.25, 0.3) is 0 Å². The van der Waals surface area contributed by atoms with Crippen molar-refractivity contribution in [2.24, 2.45) is 5.73 Å². The van der Waals surface area contributed by atoms with Crippen molar-refractivity contribution in [3.05, 3.63) is 47.7 Å². The number of hydrogen-bond donors (Lipinski definition) is 3. The lowest BCUT2D eigenvalue weighted by molar-refractivity contribution is -0.114. The maximum Gasteiger partial charge on any atom is 0.126 e. The fourth-order valence-electron chi connectivity index (χ4n) is 1.37. The first-order valence-corrected chi connectivity index (χ1v) is 6.83. The number of nitrogens with two attached hydrogens (primary N) is 1. The summed E-state index contributed by atoms with van der Waals surface area (Å²) in [6.07, 6.45) is 1.99. The van der Waals surface area contributed by atoms with Crippen LogP contribution < -0.4 is 5.73 Å². The van der Waals surface area contributed by atoms with Crippen molar-refractivity contribution in [2.45, 2.75) is 33.0 Å². The molecular formula is C16H25NO4. The Balaban J connectivity index is 0.000000308. The molecule has 1 aliphatic heterocycles. The van der Waals surface area contributed by atoms with E-state index in [4.69, 9.17) is 20.7 Å². The summed E-state index contributed by atoms with van der Waals surface area (Å²) in [7, 11) is 0. The second-order valence-corrected chi connectivity index (χ2v) is 4.59. The zero-order valence-corrected chi connectivity index (χ0v) is 12.7. The van der Waals surface area contributed by atoms with Crippen molar-refractivity contribution in [3.8, 4) is 0 Å². The monoisotopic (exact) mass is 295 g/mol. The molecular weight excluding hydrogens is 270 g/mol. The minimum Gasteiger partial charge on any atom is -0.497 e. The van der Waals surface area contributed by atoms with Crippen LogP contribution in [0.5, 0.6) is 0 Å². The zero-order valence-electron chi connectivity index (χ0n) is 12.7. The van der Waals surface area contributed by atoms with Crippen molar-refractivity contribution in [1.29, 1.82) is 0 Å². The van der Waals surface area contributed by atoms with Crippen molar-refractivity contribution >= 4 is 5.78 Å². The highest BCUT2D eigenvalue weighted by molar-refractivity contribution is 5.72. The molecule has 0 aromatic heterocycles. The standard InChI is InChI=1S/C7H8O.C6H11NO2.C3H6O/c8-6-7-4-2-1-3-5-7;7-4-6-3-5(8)1-2-9-6;1-3(2)4/h1-5,8H,6H2;3,5,8H,1-2,4,7H2;1-2H3/t;5-;/m.1./s1. The highest BCUT2D eigenvalue weighted by Gasteiger charge is 2.09. The fraction of sp³-hybridized carbons (Fsp3) is 0.438. The second-order valence-electron chi connectivity index (χ2n) is 4.59. The Bertz CT molecular complexity index is 414. The van der Waals surface area contributed by atoms with Gasteiger partial charge in [0, 0.05) is 6.42 Å². The highest BCUT2D eigenvalue weighted by atomic mass is 16.5. The van der Waals surface area contributed by atoms with Crippen LogP contribution in [-0.4, -0.2) is 35.3 Å². The van der Waals surface area contributed by atoms with Gasteiger partial charge < -0.3 is 25.5 Å². The van der Waals surface area contributed by atoms with Crippen LogP contribution in [0.25, 0.3) is 0 Å². The van der Waals surface area contributed by atoms with Crippen LogP contribution in [0.15, 0.2) is 42.2 Å². The van der Waals surface area contributed by atoms with Gasteiger partial charge in [-0.15, -0.1) is 0 Å². The molecule has 0 spiro atoms. The molecule has 1 aromatic carbocycles. The largest absolute Gasteiger partial charge is 0.497 e. The maximum atomic E-state index is 9.44. The van der Waals surface area contributed by atoms with Gasteiger partial charge in [0.2, 0.25) is 0 Å². The SMILES string of the molecule is CC(C)=O.NCC1=C[C@H](O)CCO1.OCc1ccccc1. The summed E-state index contributed by atoms with van der Waals surface area (Å²) in [6.45, 7) is 4.17. The summed E-state index contributed by atoms with van der Waals surface area (Å²) in [5, 5.41) is 17.5. The van der Waals surface area contributed by atoms with E-state index in [0.29, 0.717) is 25.3 Å². The Morgan fingerprint density at radius 2 is 1.90 bits per heavy atom. The average Bonchev–Trinajstić information content (AvgIpc) is 2.48. The van der Waals surface area contributed by atoms with Crippen LogP contribution in [0.3, 0.4) is 0 Å². The van der Waals surface area contributed by atoms with E-state index >= 15 is 0 Å². The molecule has 0 radical (unpaired) electrons. The van der Waals surface area contributed by atoms with Gasteiger partial charge in [0.15, 0.2) is 0 Å². The number of rotatable bonds is 2. The van der Waals surface area contributed by atoms with Gasteiger partial charge in [0.1, 0.15) is 11.5 Å². The molecule has 1 heterocycles. The lowest BCUT2D eigenvalue weighted by atomic mass is 10.2. The molecule has 0 aliphatic carbocycles. The van der Waals surface area contributed by atoms with Crippen molar-refractivity contribution < 1.29 is 19.7 Å². The smallest absolute Gasteiger partial charge is 0.126 e. The third-order valence-corrected chi connectivity index (χ3v) is 2.31. The van der Waals surface area contributed by atoms with E-state index < -0.39 is 0 Å². The first kappa shape index (κ1) is 19.3. The van der Waals surface area contributed by atoms with Crippen LogP contribution in [0, 0.1) is 0 Å². The van der Waals surface area contributed by atoms with E-state index in [1.54, 1.807) is 6.08 Å². The second kappa shape index (κ2) is 12.1. The Kier molecular flexibility index (Phi) is 11.1. The first-order valence-electron chi connectivity index (χ1n) is 6.83. The minimum atomic E-state index is -0.350. The van der Waals surface area contributed by atoms with Crippen molar-refractivity contribution in [3.63, 3.8) is 0 Å². The predicted octanol–water partition coefficient (Wildman–Crippen LogP) is 1.38. The van der Waals surface area contributed by atoms with Crippen molar-refractivity contribution in [1.82, 2.24) is 0 Å². The molecule has 0 saturated carbocycles. The minimum absolute atomic E-state index is 0.140. The van der Waals surface area contributed by atoms with Gasteiger partial charge in [-0.1, -0.05) is 30.3 Å². The van der Waals surface area contributed by atoms with E-state index in [1.165, 1.54) is 13.8 Å². The molecule has 4 N–H and O–H groups in total. The number of Topliss-reactive ketones (excluding diaryl/α,β-unsaturated/α-hetero) is 1. The van der Waals surface area contributed by atoms with Crippen LogP contribution in [0.1, 0.15) is 25.8 Å². The summed E-state index contributed by atoms with van der Waals surface area (Å²) in [5.74, 6) is 0.869. The molecule has 1 aliphatic rings. The average molecular weight is 295 g/mol. The fourth-order valence-corrected chi connectivity index (χ4v) is 1.37. The molecule has 5 heteroatoms. The molecule has 5 nitrogen and oxygen atoms in total. The van der Waals surface area contributed by atoms with Gasteiger partial charge in [0.05, 0.1) is 25.9 Å². The van der Waals surface area contributed by atoms with Gasteiger partial charge >= 0.3 is 0 Å². The summed E-state index contributed by atoms with van der Waals surface area (Å²) < 4.78 is 5.07. The Morgan fingerprint density at radius 3 is 2.24 bits per heavy atom. The molecule has 0 unspecified atom stereocenters. The number of carbonyl (C=O) groups is 1. The summed E-state index contributed by atoms with van der Waals surface area (Å²) in [6, 6.07) is 9.52. The summed E-state index contributed by atoms with van der Waals surface area (Å²) in [5.41, 5.74) is 6.23. The van der Waals surface area contributed by atoms with Gasteiger partial charge in [-0.25, -0.2) is 0 Å². The van der Waals surface area contributed by atoms with Crippen LogP contribution >= 0.6 is 0 Å². The van der Waals surface area contributed by atoms with E-state index in [9.17, 15) is 4.79 Å². The number of aliphatic hydroxyl groups is 2. The number of benzene rings is 1. The molecule has 118 valence electrons. The van der Waals surface area contributed by atoms with Gasteiger partial charge in [-0.3, -0.25) is 0 Å². The highest BCUT2D eigenvalue weighted by Crippen LogP contribution is 2.08. The molecule has 0 fully saturated rings. The lowest BCUT2D eigenvalue weighted by Crippen LogP contribution is -2.18. The number of ether oxygens (including phenoxy) is 1. The van der Waals surface area contributed by atoms with E-state index in [2.05, 4.69) is 0 Å². The summed E-state index contributed by atoms with van der Waals surface area (Å²) in [4.78, 5) is 9.44. The van der Waals surface area contributed by atoms with E-state index in [0.717, 1.165) is 5.56 Å². The molecule has 21 heavy (non-hydrogen) atoms. The molecule has 0 saturated heterocycles. The maximum absolute atomic E-state index is 9.44. The number of ketones is 1. The van der Waals surface area contributed by atoms with E-state index in [1.807, 2.05) is 30.3 Å². The van der Waals surface area contributed by atoms with Gasteiger partial charge in [-0.05, 0) is 25.5 Å². The van der Waals surface area contributed by atoms with Crippen LogP contribution in [-0.2, 0) is 16.1 Å². The molecule has 1 atom stereocenters. The topological polar surface area (TPSA) is 92.8 Å². The van der Waals surface area contributed by atoms with Crippen LogP contribution in [0.2, 0.25) is 0 Å².